The molecule has 0 spiro atoms. The fraction of sp³-hybridized carbons (Fsp3) is 0.200. The molecule has 0 saturated heterocycles. The number of aliphatic carboxylic acids is 1. The summed E-state index contributed by atoms with van der Waals surface area (Å²) in [5.41, 5.74) is 0.718. The number of aromatic hydroxyl groups is 1. The van der Waals surface area contributed by atoms with Crippen LogP contribution in [0.3, 0.4) is 0 Å². The van der Waals surface area contributed by atoms with Crippen molar-refractivity contribution in [1.29, 1.82) is 0 Å². The van der Waals surface area contributed by atoms with Gasteiger partial charge in [0.1, 0.15) is 11.5 Å². The summed E-state index contributed by atoms with van der Waals surface area (Å²) in [5.74, 6) is -1.99. The number of carboxylic acid groups (broad SMARTS) is 1. The summed E-state index contributed by atoms with van der Waals surface area (Å²) in [6, 6.07) is 36.5. The third-order valence-corrected chi connectivity index (χ3v) is 9.76. The Labute approximate surface area is 334 Å². The molecule has 2 amide bonds. The van der Waals surface area contributed by atoms with Crippen molar-refractivity contribution >= 4 is 28.7 Å². The van der Waals surface area contributed by atoms with E-state index in [0.717, 1.165) is 11.1 Å². The maximum absolute atomic E-state index is 13.5. The van der Waals surface area contributed by atoms with E-state index in [1.807, 2.05) is 42.5 Å². The molecular formula is C45H44N4O9. The molecule has 0 aliphatic heterocycles. The second kappa shape index (κ2) is 18.9. The van der Waals surface area contributed by atoms with Crippen LogP contribution in [0.4, 0.5) is 0 Å². The fourth-order valence-electron chi connectivity index (χ4n) is 6.60. The van der Waals surface area contributed by atoms with Gasteiger partial charge in [-0.1, -0.05) is 91.0 Å². The second-order valence-electron chi connectivity index (χ2n) is 13.7. The Morgan fingerprint density at radius 1 is 0.793 bits per heavy atom. The van der Waals surface area contributed by atoms with Crippen LogP contribution in [0, 0.1) is 0 Å². The Hall–Kier alpha value is -6.80. The number of aliphatic hydroxyl groups is 2. The van der Waals surface area contributed by atoms with Crippen LogP contribution in [0.25, 0.3) is 10.9 Å². The number of carboxylic acids is 1. The van der Waals surface area contributed by atoms with E-state index < -0.39 is 17.7 Å². The molecule has 7 N–H and O–H groups in total. The summed E-state index contributed by atoms with van der Waals surface area (Å²) in [7, 11) is 0. The number of nitrogens with one attached hydrogen (secondary N) is 3. The van der Waals surface area contributed by atoms with E-state index in [1.54, 1.807) is 59.5 Å². The van der Waals surface area contributed by atoms with Crippen molar-refractivity contribution in [3.05, 3.63) is 177 Å². The Bertz CT molecular complexity index is 2410. The number of carbonyl (C=O) groups is 3. The average molecular weight is 785 g/mol. The van der Waals surface area contributed by atoms with Crippen molar-refractivity contribution in [2.24, 2.45) is 0 Å². The molecule has 0 aliphatic rings. The van der Waals surface area contributed by atoms with Crippen LogP contribution in [0.15, 0.2) is 138 Å². The van der Waals surface area contributed by atoms with E-state index >= 15 is 0 Å². The summed E-state index contributed by atoms with van der Waals surface area (Å²) in [5, 5.41) is 48.8. The molecule has 6 rings (SSSR count). The SMILES string of the molecule is O=C(NCCN(Cc1ccccc1)C(=O)COc1cccc([C@](O)(C(=O)O)c2ccccc2)c1)c1ccc(CCNC[C@H](O)c2ccc(O)c3[nH]c(=O)ccc23)cc1. The number of hydrogen-bond acceptors (Lipinski definition) is 9. The molecule has 1 aromatic heterocycles. The van der Waals surface area contributed by atoms with Gasteiger partial charge in [0.25, 0.3) is 11.8 Å². The molecule has 298 valence electrons. The van der Waals surface area contributed by atoms with Gasteiger partial charge in [-0.15, -0.1) is 0 Å². The van der Waals surface area contributed by atoms with E-state index in [-0.39, 0.29) is 78.3 Å². The van der Waals surface area contributed by atoms with E-state index in [2.05, 4.69) is 15.6 Å². The lowest BCUT2D eigenvalue weighted by molar-refractivity contribution is -0.155. The summed E-state index contributed by atoms with van der Waals surface area (Å²) < 4.78 is 5.82. The summed E-state index contributed by atoms with van der Waals surface area (Å²) in [6.45, 7) is 1.03. The third kappa shape index (κ3) is 9.95. The first-order valence-electron chi connectivity index (χ1n) is 18.7. The van der Waals surface area contributed by atoms with Crippen molar-refractivity contribution in [2.45, 2.75) is 24.7 Å². The Morgan fingerprint density at radius 3 is 2.22 bits per heavy atom. The highest BCUT2D eigenvalue weighted by atomic mass is 16.5. The molecular weight excluding hydrogens is 741 g/mol. The van der Waals surface area contributed by atoms with E-state index in [4.69, 9.17) is 4.74 Å². The molecule has 6 aromatic rings. The smallest absolute Gasteiger partial charge is 0.345 e. The molecule has 0 radical (unpaired) electrons. The molecule has 13 heteroatoms. The summed E-state index contributed by atoms with van der Waals surface area (Å²) in [4.78, 5) is 54.7. The number of aromatic amines is 1. The minimum absolute atomic E-state index is 0.0709. The quantitative estimate of drug-likeness (QED) is 0.0618. The predicted molar refractivity (Wildman–Crippen MR) is 217 cm³/mol. The lowest BCUT2D eigenvalue weighted by Gasteiger charge is -2.25. The van der Waals surface area contributed by atoms with Crippen molar-refractivity contribution in [3.8, 4) is 11.5 Å². The minimum atomic E-state index is -2.33. The molecule has 2 atom stereocenters. The van der Waals surface area contributed by atoms with Crippen LogP contribution in [0.5, 0.6) is 11.5 Å². The number of carbonyl (C=O) groups excluding carboxylic acids is 2. The Kier molecular flexibility index (Phi) is 13.3. The van der Waals surface area contributed by atoms with Gasteiger partial charge in [-0.3, -0.25) is 14.4 Å². The van der Waals surface area contributed by atoms with Crippen LogP contribution in [0.1, 0.15) is 44.3 Å². The number of ether oxygens (including phenoxy) is 1. The number of amides is 2. The lowest BCUT2D eigenvalue weighted by Crippen LogP contribution is -2.40. The molecule has 0 bridgehead atoms. The summed E-state index contributed by atoms with van der Waals surface area (Å²) >= 11 is 0. The molecule has 5 aromatic carbocycles. The van der Waals surface area contributed by atoms with Crippen LogP contribution in [-0.2, 0) is 28.2 Å². The topological polar surface area (TPSA) is 202 Å². The predicted octanol–water partition coefficient (Wildman–Crippen LogP) is 4.26. The van der Waals surface area contributed by atoms with Gasteiger partial charge in [-0.2, -0.15) is 0 Å². The minimum Gasteiger partial charge on any atom is -0.506 e. The normalized spacial score (nSPS) is 12.7. The van der Waals surface area contributed by atoms with Gasteiger partial charge in [0.2, 0.25) is 11.2 Å². The number of phenolic OH excluding ortho intramolecular Hbond substituents is 1. The first-order chi connectivity index (χ1) is 28.0. The number of fused-ring (bicyclic) bond motifs is 1. The standard InChI is InChI=1S/C45H44N4O9/c50-38-20-18-36(37-19-21-40(52)48-42(37)38)39(51)27-46-23-22-30-14-16-32(17-15-30)43(54)47-24-25-49(28-31-8-3-1-4-9-31)41(53)29-58-35-13-7-12-34(26-35)45(57,44(55)56)33-10-5-2-6-11-33/h1-21,26,39,46,50-51,57H,22-25,27-29H2,(H,47,54)(H,48,52)(H,55,56)/t39-,45-/m0/s1. The van der Waals surface area contributed by atoms with Crippen LogP contribution < -0.4 is 20.9 Å². The number of rotatable bonds is 18. The maximum atomic E-state index is 13.5. The second-order valence-corrected chi connectivity index (χ2v) is 13.7. The highest BCUT2D eigenvalue weighted by Gasteiger charge is 2.40. The zero-order valence-electron chi connectivity index (χ0n) is 31.5. The first-order valence-corrected chi connectivity index (χ1v) is 18.7. The van der Waals surface area contributed by atoms with Gasteiger partial charge in [-0.25, -0.2) is 4.79 Å². The van der Waals surface area contributed by atoms with Crippen LogP contribution >= 0.6 is 0 Å². The molecule has 1 heterocycles. The summed E-state index contributed by atoms with van der Waals surface area (Å²) in [6.07, 6.45) is -0.244. The van der Waals surface area contributed by atoms with Crippen LogP contribution in [0.2, 0.25) is 0 Å². The number of H-pyrrole nitrogens is 1. The molecule has 58 heavy (non-hydrogen) atoms. The van der Waals surface area contributed by atoms with Gasteiger partial charge in [0.15, 0.2) is 6.61 Å². The van der Waals surface area contributed by atoms with Gasteiger partial charge in [-0.05, 0) is 71.6 Å². The average Bonchev–Trinajstić information content (AvgIpc) is 3.24. The molecule has 0 aliphatic carbocycles. The monoisotopic (exact) mass is 784 g/mol. The number of pyridine rings is 1. The van der Waals surface area contributed by atoms with E-state index in [0.29, 0.717) is 29.5 Å². The largest absolute Gasteiger partial charge is 0.506 e. The number of aliphatic hydroxyl groups excluding tert-OH is 1. The zero-order valence-corrected chi connectivity index (χ0v) is 31.5. The molecule has 0 fully saturated rings. The number of aromatic nitrogens is 1. The third-order valence-electron chi connectivity index (χ3n) is 9.76. The molecule has 0 unspecified atom stereocenters. The number of hydrogen-bond donors (Lipinski definition) is 7. The Morgan fingerprint density at radius 2 is 1.50 bits per heavy atom. The van der Waals surface area contributed by atoms with Crippen molar-refractivity contribution in [2.75, 3.05) is 32.8 Å². The first kappa shape index (κ1) is 40.9. The maximum Gasteiger partial charge on any atom is 0.345 e. The van der Waals surface area contributed by atoms with Crippen LogP contribution in [-0.4, -0.2) is 80.9 Å². The number of nitrogens with zero attached hydrogens (tertiary/aromatic N) is 1. The number of benzene rings is 5. The fourth-order valence-corrected chi connectivity index (χ4v) is 6.60. The van der Waals surface area contributed by atoms with E-state index in [9.17, 15) is 39.6 Å². The Balaban J connectivity index is 1.00. The highest BCUT2D eigenvalue weighted by Crippen LogP contribution is 2.32. The van der Waals surface area contributed by atoms with Gasteiger partial charge >= 0.3 is 5.97 Å². The number of phenols is 1. The molecule has 0 saturated carbocycles. The molecule has 13 nitrogen and oxygen atoms in total. The van der Waals surface area contributed by atoms with Gasteiger partial charge < -0.3 is 45.7 Å². The zero-order chi connectivity index (χ0) is 41.1. The van der Waals surface area contributed by atoms with Crippen molar-refractivity contribution < 1.29 is 39.5 Å². The van der Waals surface area contributed by atoms with Crippen molar-refractivity contribution in [1.82, 2.24) is 20.5 Å². The van der Waals surface area contributed by atoms with Crippen molar-refractivity contribution in [3.63, 3.8) is 0 Å². The lowest BCUT2D eigenvalue weighted by atomic mass is 9.86. The van der Waals surface area contributed by atoms with Gasteiger partial charge in [0, 0.05) is 48.8 Å². The van der Waals surface area contributed by atoms with Gasteiger partial charge in [0.05, 0.1) is 11.6 Å². The highest BCUT2D eigenvalue weighted by molar-refractivity contribution is 5.94. The van der Waals surface area contributed by atoms with E-state index in [1.165, 1.54) is 36.4 Å².